The van der Waals surface area contributed by atoms with Crippen LogP contribution in [0.5, 0.6) is 0 Å². The van der Waals surface area contributed by atoms with Gasteiger partial charge in [0.2, 0.25) is 10.0 Å². The van der Waals surface area contributed by atoms with Crippen LogP contribution in [0.2, 0.25) is 0 Å². The molecule has 2 aromatic heterocycles. The van der Waals surface area contributed by atoms with Gasteiger partial charge in [-0.05, 0) is 35.6 Å². The lowest BCUT2D eigenvalue weighted by atomic mass is 9.96. The van der Waals surface area contributed by atoms with Crippen LogP contribution in [0.4, 0.5) is 0 Å². The van der Waals surface area contributed by atoms with E-state index in [-0.39, 0.29) is 12.0 Å². The number of ether oxygens (including phenoxy) is 1. The summed E-state index contributed by atoms with van der Waals surface area (Å²) in [6, 6.07) is 7.05. The summed E-state index contributed by atoms with van der Waals surface area (Å²) >= 11 is 1.22. The van der Waals surface area contributed by atoms with Crippen molar-refractivity contribution in [2.75, 3.05) is 13.2 Å². The van der Waals surface area contributed by atoms with Crippen molar-refractivity contribution in [3.63, 3.8) is 0 Å². The molecule has 2 atom stereocenters. The lowest BCUT2D eigenvalue weighted by molar-refractivity contribution is 0.183. The van der Waals surface area contributed by atoms with Gasteiger partial charge in [0.15, 0.2) is 0 Å². The van der Waals surface area contributed by atoms with Crippen molar-refractivity contribution in [2.45, 2.75) is 16.7 Å². The number of hydrogen-bond acceptors (Lipinski definition) is 5. The topological polar surface area (TPSA) is 68.3 Å². The molecule has 1 saturated heterocycles. The van der Waals surface area contributed by atoms with Crippen LogP contribution in [0.1, 0.15) is 5.56 Å². The average Bonchev–Trinajstić information content (AvgIpc) is 3.12. The standard InChI is InChI=1S/C14H16N2O3S2/c17-21(18,14-2-1-7-20-14)16-13-10-19-9-12(13)8-11-3-5-15-6-4-11/h1-7,12-13,16H,8-10H2/t12-,13+/m1/s1. The molecule has 0 aliphatic carbocycles. The molecule has 3 rings (SSSR count). The Labute approximate surface area is 128 Å². The largest absolute Gasteiger partial charge is 0.379 e. The van der Waals surface area contributed by atoms with Crippen LogP contribution >= 0.6 is 11.3 Å². The van der Waals surface area contributed by atoms with E-state index in [1.807, 2.05) is 12.1 Å². The molecule has 0 radical (unpaired) electrons. The van der Waals surface area contributed by atoms with Crippen LogP contribution in [0.3, 0.4) is 0 Å². The summed E-state index contributed by atoms with van der Waals surface area (Å²) in [4.78, 5) is 3.99. The van der Waals surface area contributed by atoms with Gasteiger partial charge in [-0.15, -0.1) is 11.3 Å². The Morgan fingerprint density at radius 3 is 2.81 bits per heavy atom. The molecule has 7 heteroatoms. The maximum absolute atomic E-state index is 12.3. The van der Waals surface area contributed by atoms with Crippen LogP contribution in [-0.4, -0.2) is 32.7 Å². The molecule has 5 nitrogen and oxygen atoms in total. The van der Waals surface area contributed by atoms with Gasteiger partial charge in [-0.2, -0.15) is 0 Å². The van der Waals surface area contributed by atoms with E-state index in [1.165, 1.54) is 11.3 Å². The molecule has 0 amide bonds. The highest BCUT2D eigenvalue weighted by molar-refractivity contribution is 7.91. The summed E-state index contributed by atoms with van der Waals surface area (Å²) in [5.74, 6) is 0.141. The molecule has 0 aromatic carbocycles. The van der Waals surface area contributed by atoms with Crippen LogP contribution in [-0.2, 0) is 21.2 Å². The first-order valence-electron chi connectivity index (χ1n) is 6.67. The van der Waals surface area contributed by atoms with Crippen molar-refractivity contribution in [2.24, 2.45) is 5.92 Å². The zero-order valence-corrected chi connectivity index (χ0v) is 12.9. The molecule has 21 heavy (non-hydrogen) atoms. The third kappa shape index (κ3) is 3.49. The predicted octanol–water partition coefficient (Wildman–Crippen LogP) is 1.68. The Morgan fingerprint density at radius 1 is 1.29 bits per heavy atom. The van der Waals surface area contributed by atoms with Gasteiger partial charge in [-0.1, -0.05) is 6.07 Å². The number of nitrogens with one attached hydrogen (secondary N) is 1. The Balaban J connectivity index is 1.70. The van der Waals surface area contributed by atoms with Gasteiger partial charge in [-0.25, -0.2) is 13.1 Å². The molecule has 1 aliphatic heterocycles. The second kappa shape index (κ2) is 6.23. The van der Waals surface area contributed by atoms with Crippen molar-refractivity contribution >= 4 is 21.4 Å². The van der Waals surface area contributed by atoms with E-state index >= 15 is 0 Å². The van der Waals surface area contributed by atoms with E-state index < -0.39 is 10.0 Å². The lowest BCUT2D eigenvalue weighted by Crippen LogP contribution is -2.40. The fraction of sp³-hybridized carbons (Fsp3) is 0.357. The molecule has 3 heterocycles. The van der Waals surface area contributed by atoms with Gasteiger partial charge >= 0.3 is 0 Å². The zero-order chi connectivity index (χ0) is 14.7. The van der Waals surface area contributed by atoms with E-state index in [2.05, 4.69) is 9.71 Å². The predicted molar refractivity (Wildman–Crippen MR) is 80.7 cm³/mol. The average molecular weight is 324 g/mol. The maximum Gasteiger partial charge on any atom is 0.250 e. The fourth-order valence-corrected chi connectivity index (χ4v) is 4.72. The van der Waals surface area contributed by atoms with E-state index in [0.717, 1.165) is 12.0 Å². The molecule has 2 aromatic rings. The Kier molecular flexibility index (Phi) is 4.34. The van der Waals surface area contributed by atoms with Gasteiger partial charge in [0.1, 0.15) is 4.21 Å². The molecule has 1 aliphatic rings. The molecule has 0 bridgehead atoms. The molecule has 0 unspecified atom stereocenters. The summed E-state index contributed by atoms with van der Waals surface area (Å²) in [5, 5.41) is 1.76. The van der Waals surface area contributed by atoms with Gasteiger partial charge in [0, 0.05) is 18.3 Å². The van der Waals surface area contributed by atoms with E-state index in [0.29, 0.717) is 17.4 Å². The van der Waals surface area contributed by atoms with Gasteiger partial charge in [0.05, 0.1) is 19.3 Å². The number of pyridine rings is 1. The molecule has 112 valence electrons. The smallest absolute Gasteiger partial charge is 0.250 e. The summed E-state index contributed by atoms with van der Waals surface area (Å²) in [6.45, 7) is 0.986. The highest BCUT2D eigenvalue weighted by atomic mass is 32.2. The van der Waals surface area contributed by atoms with Crippen molar-refractivity contribution < 1.29 is 13.2 Å². The Bertz CT molecular complexity index is 672. The molecular weight excluding hydrogens is 308 g/mol. The van der Waals surface area contributed by atoms with E-state index in [4.69, 9.17) is 4.74 Å². The number of sulfonamides is 1. The first-order chi connectivity index (χ1) is 10.1. The summed E-state index contributed by atoms with van der Waals surface area (Å²) < 4.78 is 33.1. The molecule has 0 saturated carbocycles. The van der Waals surface area contributed by atoms with Gasteiger partial charge in [-0.3, -0.25) is 4.98 Å². The van der Waals surface area contributed by atoms with Gasteiger partial charge in [0.25, 0.3) is 0 Å². The second-order valence-electron chi connectivity index (χ2n) is 5.02. The SMILES string of the molecule is O=S(=O)(N[C@H]1COC[C@H]1Cc1ccncc1)c1cccs1. The minimum absolute atomic E-state index is 0.141. The second-order valence-corrected chi connectivity index (χ2v) is 7.91. The van der Waals surface area contributed by atoms with E-state index in [1.54, 1.807) is 29.9 Å². The van der Waals surface area contributed by atoms with Crippen LogP contribution in [0.25, 0.3) is 0 Å². The van der Waals surface area contributed by atoms with Crippen LogP contribution < -0.4 is 4.72 Å². The van der Waals surface area contributed by atoms with Crippen molar-refractivity contribution in [1.82, 2.24) is 9.71 Å². The van der Waals surface area contributed by atoms with E-state index in [9.17, 15) is 8.42 Å². The van der Waals surface area contributed by atoms with Crippen molar-refractivity contribution in [3.8, 4) is 0 Å². The number of thiophene rings is 1. The zero-order valence-electron chi connectivity index (χ0n) is 11.3. The first-order valence-corrected chi connectivity index (χ1v) is 9.04. The van der Waals surface area contributed by atoms with Crippen LogP contribution in [0, 0.1) is 5.92 Å². The number of aromatic nitrogens is 1. The first kappa shape index (κ1) is 14.6. The monoisotopic (exact) mass is 324 g/mol. The van der Waals surface area contributed by atoms with Crippen LogP contribution in [0.15, 0.2) is 46.2 Å². The quantitative estimate of drug-likeness (QED) is 0.908. The van der Waals surface area contributed by atoms with Crippen molar-refractivity contribution in [1.29, 1.82) is 0 Å². The number of hydrogen-bond donors (Lipinski definition) is 1. The fourth-order valence-electron chi connectivity index (χ4n) is 2.43. The summed E-state index contributed by atoms with van der Waals surface area (Å²) in [6.07, 6.45) is 4.27. The Morgan fingerprint density at radius 2 is 2.10 bits per heavy atom. The summed E-state index contributed by atoms with van der Waals surface area (Å²) in [5.41, 5.74) is 1.14. The molecule has 0 spiro atoms. The highest BCUT2D eigenvalue weighted by Gasteiger charge is 2.32. The lowest BCUT2D eigenvalue weighted by Gasteiger charge is -2.18. The summed E-state index contributed by atoms with van der Waals surface area (Å²) in [7, 11) is -3.45. The number of nitrogens with zero attached hydrogens (tertiary/aromatic N) is 1. The highest BCUT2D eigenvalue weighted by Crippen LogP contribution is 2.22. The maximum atomic E-state index is 12.3. The molecule has 1 N–H and O–H groups in total. The minimum Gasteiger partial charge on any atom is -0.379 e. The Hall–Kier alpha value is -1.28. The third-order valence-corrected chi connectivity index (χ3v) is 6.40. The van der Waals surface area contributed by atoms with Gasteiger partial charge < -0.3 is 4.74 Å². The normalized spacial score (nSPS) is 22.5. The minimum atomic E-state index is -3.45. The molecule has 1 fully saturated rings. The number of rotatable bonds is 5. The third-order valence-electron chi connectivity index (χ3n) is 3.51. The van der Waals surface area contributed by atoms with Crippen molar-refractivity contribution in [3.05, 3.63) is 47.6 Å². The molecular formula is C14H16N2O3S2.